The lowest BCUT2D eigenvalue weighted by molar-refractivity contribution is 0.0892. The van der Waals surface area contributed by atoms with Crippen molar-refractivity contribution in [1.82, 2.24) is 18.9 Å². The van der Waals surface area contributed by atoms with E-state index >= 15 is 0 Å². The molecule has 31 heavy (non-hydrogen) atoms. The number of aromatic nitrogens is 1. The molecule has 0 unspecified atom stereocenters. The van der Waals surface area contributed by atoms with E-state index in [-0.39, 0.29) is 36.7 Å². The predicted octanol–water partition coefficient (Wildman–Crippen LogP) is 1.82. The molecule has 172 valence electrons. The number of benzene rings is 1. The monoisotopic (exact) mass is 468 g/mol. The Morgan fingerprint density at radius 1 is 1.13 bits per heavy atom. The van der Waals surface area contributed by atoms with E-state index in [0.29, 0.717) is 6.42 Å². The number of hydrogen-bond donors (Lipinski definition) is 2. The van der Waals surface area contributed by atoms with E-state index < -0.39 is 20.0 Å². The largest absolute Gasteiger partial charge is 0.357 e. The smallest absolute Gasteiger partial charge is 0.214 e. The zero-order valence-corrected chi connectivity index (χ0v) is 19.8. The first kappa shape index (κ1) is 22.7. The van der Waals surface area contributed by atoms with Gasteiger partial charge < -0.3 is 4.98 Å². The lowest BCUT2D eigenvalue weighted by Gasteiger charge is -2.45. The predicted molar refractivity (Wildman–Crippen MR) is 123 cm³/mol. The van der Waals surface area contributed by atoms with Gasteiger partial charge in [0, 0.05) is 48.8 Å². The fourth-order valence-corrected chi connectivity index (χ4v) is 6.94. The number of piperidine rings is 1. The van der Waals surface area contributed by atoms with Crippen LogP contribution in [0, 0.1) is 0 Å². The Bertz CT molecular complexity index is 1140. The van der Waals surface area contributed by atoms with Crippen LogP contribution in [0.5, 0.6) is 0 Å². The fraction of sp³-hybridized carbons (Fsp3) is 0.619. The lowest BCUT2D eigenvalue weighted by Crippen LogP contribution is -2.52. The van der Waals surface area contributed by atoms with Crippen LogP contribution in [0.4, 0.5) is 0 Å². The Kier molecular flexibility index (Phi) is 6.47. The SMILES string of the molecule is CCS(=O)(=O)NCCN([C@H]1CCN2CCc3c([nH]c4ccccc34)[C@H]2C1)S(=O)(=O)CC. The van der Waals surface area contributed by atoms with Crippen LogP contribution in [0.1, 0.15) is 44.0 Å². The molecule has 1 saturated heterocycles. The summed E-state index contributed by atoms with van der Waals surface area (Å²) in [5, 5.41) is 1.26. The van der Waals surface area contributed by atoms with Gasteiger partial charge in [0.25, 0.3) is 0 Å². The number of para-hydroxylation sites is 1. The molecule has 3 heterocycles. The van der Waals surface area contributed by atoms with Gasteiger partial charge in [-0.25, -0.2) is 21.6 Å². The summed E-state index contributed by atoms with van der Waals surface area (Å²) in [7, 11) is -6.81. The average Bonchev–Trinajstić information content (AvgIpc) is 3.15. The van der Waals surface area contributed by atoms with Gasteiger partial charge in [0.1, 0.15) is 0 Å². The van der Waals surface area contributed by atoms with Crippen LogP contribution in [0.3, 0.4) is 0 Å². The van der Waals surface area contributed by atoms with Crippen LogP contribution in [-0.4, -0.2) is 74.8 Å². The zero-order chi connectivity index (χ0) is 22.2. The number of sulfonamides is 2. The quantitative estimate of drug-likeness (QED) is 0.615. The number of nitrogens with one attached hydrogen (secondary N) is 2. The van der Waals surface area contributed by atoms with Crippen LogP contribution in [0.15, 0.2) is 24.3 Å². The summed E-state index contributed by atoms with van der Waals surface area (Å²) in [6.07, 6.45) is 2.46. The summed E-state index contributed by atoms with van der Waals surface area (Å²) < 4.78 is 53.4. The van der Waals surface area contributed by atoms with Crippen molar-refractivity contribution in [3.8, 4) is 0 Å². The van der Waals surface area contributed by atoms with Crippen LogP contribution >= 0.6 is 0 Å². The van der Waals surface area contributed by atoms with E-state index in [1.807, 2.05) is 6.07 Å². The molecule has 10 heteroatoms. The second-order valence-electron chi connectivity index (χ2n) is 8.35. The van der Waals surface area contributed by atoms with E-state index in [9.17, 15) is 16.8 Å². The van der Waals surface area contributed by atoms with Crippen molar-refractivity contribution in [1.29, 1.82) is 0 Å². The molecule has 2 aliphatic rings. The molecule has 8 nitrogen and oxygen atoms in total. The number of aromatic amines is 1. The van der Waals surface area contributed by atoms with E-state index in [2.05, 4.69) is 32.8 Å². The first-order chi connectivity index (χ1) is 14.8. The molecule has 1 aromatic carbocycles. The molecule has 0 saturated carbocycles. The Hall–Kier alpha value is -1.46. The minimum absolute atomic E-state index is 0.00997. The topological polar surface area (TPSA) is 103 Å². The van der Waals surface area contributed by atoms with Gasteiger partial charge in [0.2, 0.25) is 20.0 Å². The second-order valence-corrected chi connectivity index (χ2v) is 12.7. The van der Waals surface area contributed by atoms with Gasteiger partial charge in [-0.1, -0.05) is 18.2 Å². The summed E-state index contributed by atoms with van der Waals surface area (Å²) in [6, 6.07) is 8.32. The van der Waals surface area contributed by atoms with Crippen molar-refractivity contribution in [3.05, 3.63) is 35.5 Å². The maximum atomic E-state index is 12.9. The molecule has 4 rings (SSSR count). The van der Waals surface area contributed by atoms with Gasteiger partial charge in [-0.05, 0) is 44.7 Å². The molecule has 0 amide bonds. The molecule has 2 aliphatic heterocycles. The molecule has 0 bridgehead atoms. The van der Waals surface area contributed by atoms with E-state index in [4.69, 9.17) is 0 Å². The Morgan fingerprint density at radius 2 is 1.90 bits per heavy atom. The van der Waals surface area contributed by atoms with Crippen LogP contribution in [-0.2, 0) is 26.5 Å². The molecular formula is C21H32N4O4S2. The number of nitrogens with zero attached hydrogens (tertiary/aromatic N) is 2. The highest BCUT2D eigenvalue weighted by Crippen LogP contribution is 2.40. The van der Waals surface area contributed by atoms with Crippen molar-refractivity contribution >= 4 is 30.9 Å². The van der Waals surface area contributed by atoms with Gasteiger partial charge in [0.15, 0.2) is 0 Å². The fourth-order valence-electron chi connectivity index (χ4n) is 4.98. The van der Waals surface area contributed by atoms with Crippen LogP contribution < -0.4 is 4.72 Å². The molecule has 2 N–H and O–H groups in total. The maximum absolute atomic E-state index is 12.9. The molecule has 0 radical (unpaired) electrons. The lowest BCUT2D eigenvalue weighted by atomic mass is 9.88. The Morgan fingerprint density at radius 3 is 2.65 bits per heavy atom. The molecular weight excluding hydrogens is 436 g/mol. The van der Waals surface area contributed by atoms with Crippen molar-refractivity contribution in [3.63, 3.8) is 0 Å². The van der Waals surface area contributed by atoms with E-state index in [1.54, 1.807) is 18.2 Å². The highest BCUT2D eigenvalue weighted by Gasteiger charge is 2.39. The van der Waals surface area contributed by atoms with Crippen molar-refractivity contribution in [2.75, 3.05) is 37.7 Å². The first-order valence-electron chi connectivity index (χ1n) is 11.1. The minimum atomic E-state index is -3.45. The molecule has 0 aliphatic carbocycles. The molecule has 1 fully saturated rings. The molecule has 1 aromatic heterocycles. The third-order valence-electron chi connectivity index (χ3n) is 6.68. The van der Waals surface area contributed by atoms with E-state index in [0.717, 1.165) is 31.4 Å². The second kappa shape index (κ2) is 8.82. The van der Waals surface area contributed by atoms with Gasteiger partial charge in [-0.2, -0.15) is 4.31 Å². The highest BCUT2D eigenvalue weighted by molar-refractivity contribution is 7.89. The Balaban J connectivity index is 1.58. The minimum Gasteiger partial charge on any atom is -0.357 e. The summed E-state index contributed by atoms with van der Waals surface area (Å²) >= 11 is 0. The number of rotatable bonds is 8. The molecule has 2 atom stereocenters. The summed E-state index contributed by atoms with van der Waals surface area (Å²) in [5.41, 5.74) is 3.68. The molecule has 2 aromatic rings. The van der Waals surface area contributed by atoms with Gasteiger partial charge in [0.05, 0.1) is 17.5 Å². The van der Waals surface area contributed by atoms with Crippen molar-refractivity contribution in [2.45, 2.75) is 45.2 Å². The zero-order valence-electron chi connectivity index (χ0n) is 18.2. The normalized spacial score (nSPS) is 22.5. The van der Waals surface area contributed by atoms with Gasteiger partial charge >= 0.3 is 0 Å². The van der Waals surface area contributed by atoms with E-state index in [1.165, 1.54) is 16.6 Å². The number of hydrogen-bond acceptors (Lipinski definition) is 5. The highest BCUT2D eigenvalue weighted by atomic mass is 32.2. The maximum Gasteiger partial charge on any atom is 0.214 e. The summed E-state index contributed by atoms with van der Waals surface area (Å²) in [4.78, 5) is 6.05. The molecule has 0 spiro atoms. The third-order valence-corrected chi connectivity index (χ3v) is 10.0. The number of H-pyrrole nitrogens is 1. The van der Waals surface area contributed by atoms with Gasteiger partial charge in [-0.3, -0.25) is 4.90 Å². The standard InChI is InChI=1S/C21H32N4O4S2/c1-3-30(26,27)22-11-14-25(31(28,29)4-2)16-9-12-24-13-10-18-17-7-5-6-8-19(17)23-21(18)20(24)15-16/h5-8,16,20,22-23H,3-4,9-15H2,1-2H3/t16-,20+/m0/s1. The average molecular weight is 469 g/mol. The van der Waals surface area contributed by atoms with Crippen LogP contribution in [0.2, 0.25) is 0 Å². The number of fused-ring (bicyclic) bond motifs is 5. The van der Waals surface area contributed by atoms with Crippen molar-refractivity contribution in [2.24, 2.45) is 0 Å². The van der Waals surface area contributed by atoms with Crippen LogP contribution in [0.25, 0.3) is 10.9 Å². The first-order valence-corrected chi connectivity index (χ1v) is 14.3. The van der Waals surface area contributed by atoms with Gasteiger partial charge in [-0.15, -0.1) is 0 Å². The summed E-state index contributed by atoms with van der Waals surface area (Å²) in [6.45, 7) is 5.28. The summed E-state index contributed by atoms with van der Waals surface area (Å²) in [5.74, 6) is -0.00675. The Labute approximate surface area is 185 Å². The van der Waals surface area contributed by atoms with Crippen molar-refractivity contribution < 1.29 is 16.8 Å². The third kappa shape index (κ3) is 4.54.